The molecule has 0 radical (unpaired) electrons. The number of fused-ring (bicyclic) bond motifs is 3. The van der Waals surface area contributed by atoms with E-state index in [2.05, 4.69) is 28.2 Å². The number of halogens is 1. The molecule has 86 valence electrons. The highest BCUT2D eigenvalue weighted by atomic mass is 35.5. The molecule has 0 aromatic carbocycles. The molecule has 17 heavy (non-hydrogen) atoms. The molecular weight excluding hydrogens is 232 g/mol. The van der Waals surface area contributed by atoms with Crippen LogP contribution >= 0.6 is 11.6 Å². The summed E-state index contributed by atoms with van der Waals surface area (Å²) >= 11 is 6.29. The van der Waals surface area contributed by atoms with Gasteiger partial charge in [0.15, 0.2) is 0 Å². The Kier molecular flexibility index (Phi) is 2.40. The number of aliphatic imine (C=N–C) groups is 1. The predicted octanol–water partition coefficient (Wildman–Crippen LogP) is 3.67. The van der Waals surface area contributed by atoms with E-state index in [-0.39, 0.29) is 12.0 Å². The molecule has 1 aromatic rings. The summed E-state index contributed by atoms with van der Waals surface area (Å²) in [6, 6.07) is 4.18. The van der Waals surface area contributed by atoms with Gasteiger partial charge in [0.1, 0.15) is 6.04 Å². The van der Waals surface area contributed by atoms with Gasteiger partial charge in [0.2, 0.25) is 0 Å². The lowest BCUT2D eigenvalue weighted by Crippen LogP contribution is -2.20. The smallest absolute Gasteiger partial charge is 0.104 e. The van der Waals surface area contributed by atoms with E-state index in [1.807, 2.05) is 26.0 Å². The lowest BCUT2D eigenvalue weighted by Gasteiger charge is -2.29. The van der Waals surface area contributed by atoms with Crippen molar-refractivity contribution in [3.05, 3.63) is 46.3 Å². The van der Waals surface area contributed by atoms with E-state index in [0.29, 0.717) is 0 Å². The first kappa shape index (κ1) is 10.7. The molecule has 0 N–H and O–H groups in total. The van der Waals surface area contributed by atoms with Crippen molar-refractivity contribution in [3.63, 3.8) is 0 Å². The van der Waals surface area contributed by atoms with Crippen molar-refractivity contribution in [1.82, 2.24) is 4.98 Å². The highest BCUT2D eigenvalue weighted by Gasteiger charge is 2.31. The Morgan fingerprint density at radius 2 is 2.06 bits per heavy atom. The molecule has 0 bridgehead atoms. The van der Waals surface area contributed by atoms with E-state index in [1.165, 1.54) is 0 Å². The topological polar surface area (TPSA) is 25.2 Å². The van der Waals surface area contributed by atoms with Gasteiger partial charge in [-0.05, 0) is 31.6 Å². The molecule has 3 heteroatoms. The first-order valence-corrected chi connectivity index (χ1v) is 6.10. The number of dihydropyridines is 1. The number of rotatable bonds is 0. The van der Waals surface area contributed by atoms with Crippen LogP contribution < -0.4 is 0 Å². The van der Waals surface area contributed by atoms with Gasteiger partial charge >= 0.3 is 0 Å². The van der Waals surface area contributed by atoms with E-state index >= 15 is 0 Å². The summed E-state index contributed by atoms with van der Waals surface area (Å²) in [7, 11) is 0. The van der Waals surface area contributed by atoms with Crippen LogP contribution in [0.3, 0.4) is 0 Å². The van der Waals surface area contributed by atoms with Crippen LogP contribution in [0.25, 0.3) is 6.08 Å². The summed E-state index contributed by atoms with van der Waals surface area (Å²) < 4.78 is 0. The fourth-order valence-corrected chi connectivity index (χ4v) is 2.73. The van der Waals surface area contributed by atoms with E-state index in [0.717, 1.165) is 27.7 Å². The van der Waals surface area contributed by atoms with Crippen LogP contribution in [0.15, 0.2) is 34.3 Å². The fourth-order valence-electron chi connectivity index (χ4n) is 2.38. The molecule has 0 fully saturated rings. The molecular formula is C14H13ClN2. The van der Waals surface area contributed by atoms with Gasteiger partial charge < -0.3 is 0 Å². The number of nitrogens with zero attached hydrogens (tertiary/aromatic N) is 2. The summed E-state index contributed by atoms with van der Waals surface area (Å²) in [6.45, 7) is 3.98. The average molecular weight is 245 g/mol. The zero-order valence-electron chi connectivity index (χ0n) is 9.81. The monoisotopic (exact) mass is 244 g/mol. The Balaban J connectivity index is 2.17. The molecule has 0 saturated heterocycles. The normalized spacial score (nSPS) is 25.8. The SMILES string of the molecule is CC1=NC2c3nc(C)ccc3C=CC2C(Cl)=C1. The number of pyridine rings is 1. The second-order valence-corrected chi connectivity index (χ2v) is 4.99. The maximum atomic E-state index is 6.29. The van der Waals surface area contributed by atoms with Crippen molar-refractivity contribution in [2.75, 3.05) is 0 Å². The van der Waals surface area contributed by atoms with Crippen LogP contribution in [-0.2, 0) is 0 Å². The van der Waals surface area contributed by atoms with E-state index < -0.39 is 0 Å². The maximum absolute atomic E-state index is 6.29. The second-order valence-electron chi connectivity index (χ2n) is 4.56. The molecule has 1 aromatic heterocycles. The summed E-state index contributed by atoms with van der Waals surface area (Å²) in [5, 5.41) is 0.854. The molecule has 0 spiro atoms. The third-order valence-electron chi connectivity index (χ3n) is 3.21. The minimum Gasteiger partial charge on any atom is -0.279 e. The van der Waals surface area contributed by atoms with Crippen LogP contribution in [-0.4, -0.2) is 10.7 Å². The van der Waals surface area contributed by atoms with Crippen molar-refractivity contribution in [3.8, 4) is 0 Å². The number of aryl methyl sites for hydroxylation is 1. The van der Waals surface area contributed by atoms with Gasteiger partial charge in [-0.25, -0.2) is 0 Å². The second kappa shape index (κ2) is 3.81. The number of allylic oxidation sites excluding steroid dienone is 1. The van der Waals surface area contributed by atoms with E-state index in [1.54, 1.807) is 0 Å². The zero-order valence-corrected chi connectivity index (χ0v) is 10.6. The molecule has 2 heterocycles. The van der Waals surface area contributed by atoms with Crippen molar-refractivity contribution in [2.24, 2.45) is 10.9 Å². The maximum Gasteiger partial charge on any atom is 0.104 e. The van der Waals surface area contributed by atoms with Crippen molar-refractivity contribution < 1.29 is 0 Å². The molecule has 3 rings (SSSR count). The highest BCUT2D eigenvalue weighted by molar-refractivity contribution is 6.32. The van der Waals surface area contributed by atoms with Crippen LogP contribution in [0.5, 0.6) is 0 Å². The van der Waals surface area contributed by atoms with Crippen molar-refractivity contribution in [2.45, 2.75) is 19.9 Å². The van der Waals surface area contributed by atoms with Crippen LogP contribution in [0.2, 0.25) is 0 Å². The average Bonchev–Trinajstić information content (AvgIpc) is 2.28. The Bertz CT molecular complexity index is 570. The van der Waals surface area contributed by atoms with E-state index in [4.69, 9.17) is 11.6 Å². The Labute approximate surface area is 106 Å². The van der Waals surface area contributed by atoms with Gasteiger partial charge in [-0.15, -0.1) is 0 Å². The lowest BCUT2D eigenvalue weighted by molar-refractivity contribution is 0.581. The standard InChI is InChI=1S/C14H13ClN2/c1-8-3-4-10-5-6-11-12(15)7-9(2)17-14(11)13(10)16-8/h3-7,11,14H,1-2H3. The summed E-state index contributed by atoms with van der Waals surface area (Å²) in [4.78, 5) is 9.30. The van der Waals surface area contributed by atoms with Gasteiger partial charge in [-0.3, -0.25) is 9.98 Å². The number of aromatic nitrogens is 1. The molecule has 0 amide bonds. The van der Waals surface area contributed by atoms with Crippen LogP contribution in [0.4, 0.5) is 0 Å². The van der Waals surface area contributed by atoms with E-state index in [9.17, 15) is 0 Å². The number of hydrogen-bond acceptors (Lipinski definition) is 2. The Hall–Kier alpha value is -1.41. The molecule has 1 aliphatic carbocycles. The Morgan fingerprint density at radius 1 is 1.24 bits per heavy atom. The minimum absolute atomic E-state index is 0.0485. The minimum atomic E-state index is 0.0485. The Morgan fingerprint density at radius 3 is 2.88 bits per heavy atom. The van der Waals surface area contributed by atoms with Crippen LogP contribution in [0, 0.1) is 12.8 Å². The molecule has 2 unspecified atom stereocenters. The number of hydrogen-bond donors (Lipinski definition) is 0. The largest absolute Gasteiger partial charge is 0.279 e. The fraction of sp³-hybridized carbons (Fsp3) is 0.286. The van der Waals surface area contributed by atoms with Crippen molar-refractivity contribution >= 4 is 23.4 Å². The van der Waals surface area contributed by atoms with Gasteiger partial charge in [0.25, 0.3) is 0 Å². The zero-order chi connectivity index (χ0) is 12.0. The summed E-state index contributed by atoms with van der Waals surface area (Å²) in [5.41, 5.74) is 4.19. The summed E-state index contributed by atoms with van der Waals surface area (Å²) in [6.07, 6.45) is 6.15. The third-order valence-corrected chi connectivity index (χ3v) is 3.57. The van der Waals surface area contributed by atoms with Crippen LogP contribution in [0.1, 0.15) is 29.9 Å². The lowest BCUT2D eigenvalue weighted by atomic mass is 9.86. The molecule has 2 nitrogen and oxygen atoms in total. The quantitative estimate of drug-likeness (QED) is 0.684. The first-order valence-electron chi connectivity index (χ1n) is 5.72. The first-order chi connectivity index (χ1) is 8.15. The van der Waals surface area contributed by atoms with Gasteiger partial charge in [-0.1, -0.05) is 29.8 Å². The molecule has 0 saturated carbocycles. The molecule has 1 aliphatic heterocycles. The third kappa shape index (κ3) is 1.73. The molecule has 2 aliphatic rings. The molecule has 2 atom stereocenters. The summed E-state index contributed by atoms with van der Waals surface area (Å²) in [5.74, 6) is 0.155. The predicted molar refractivity (Wildman–Crippen MR) is 71.3 cm³/mol. The van der Waals surface area contributed by atoms with Gasteiger partial charge in [-0.2, -0.15) is 0 Å². The van der Waals surface area contributed by atoms with Gasteiger partial charge in [0.05, 0.1) is 5.69 Å². The van der Waals surface area contributed by atoms with Crippen molar-refractivity contribution in [1.29, 1.82) is 0 Å². The highest BCUT2D eigenvalue weighted by Crippen LogP contribution is 2.41. The van der Waals surface area contributed by atoms with Gasteiger partial charge in [0, 0.05) is 22.4 Å².